The summed E-state index contributed by atoms with van der Waals surface area (Å²) in [6.07, 6.45) is 3.09. The number of nitrogens with zero attached hydrogens (tertiary/aromatic N) is 5. The minimum absolute atomic E-state index is 0.143. The van der Waals surface area contributed by atoms with Crippen molar-refractivity contribution in [2.75, 3.05) is 4.90 Å². The van der Waals surface area contributed by atoms with Gasteiger partial charge in [-0.3, -0.25) is 24.0 Å². The predicted octanol–water partition coefficient (Wildman–Crippen LogP) is 4.06. The Morgan fingerprint density at radius 1 is 1.13 bits per heavy atom. The molecule has 0 radical (unpaired) electrons. The van der Waals surface area contributed by atoms with Crippen LogP contribution in [0.1, 0.15) is 22.5 Å². The van der Waals surface area contributed by atoms with Crippen LogP contribution in [0.4, 0.5) is 5.13 Å². The first-order valence-corrected chi connectivity index (χ1v) is 10.8. The van der Waals surface area contributed by atoms with Gasteiger partial charge in [-0.2, -0.15) is 0 Å². The summed E-state index contributed by atoms with van der Waals surface area (Å²) in [5.41, 5.74) is 3.29. The van der Waals surface area contributed by atoms with Crippen molar-refractivity contribution in [3.05, 3.63) is 80.7 Å². The molecule has 0 bridgehead atoms. The number of hydrogen-bond donors (Lipinski definition) is 0. The fraction of sp³-hybridized carbons (Fsp3) is 0.227. The number of carbonyl (C=O) groups excluding carboxylic acids is 1. The zero-order valence-electron chi connectivity index (χ0n) is 17.3. The van der Waals surface area contributed by atoms with Gasteiger partial charge in [0.1, 0.15) is 6.54 Å². The third kappa shape index (κ3) is 4.22. The van der Waals surface area contributed by atoms with Crippen LogP contribution in [0, 0.1) is 20.8 Å². The van der Waals surface area contributed by atoms with Crippen molar-refractivity contribution in [3.8, 4) is 0 Å². The minimum atomic E-state index is -0.277. The maximum atomic E-state index is 13.3. The molecule has 3 heterocycles. The molecule has 0 aliphatic rings. The molecule has 31 heavy (non-hydrogen) atoms. The summed E-state index contributed by atoms with van der Waals surface area (Å²) in [4.78, 5) is 40.7. The van der Waals surface area contributed by atoms with Gasteiger partial charge in [-0.15, -0.1) is 0 Å². The van der Waals surface area contributed by atoms with Gasteiger partial charge >= 0.3 is 0 Å². The van der Waals surface area contributed by atoms with Gasteiger partial charge in [-0.25, -0.2) is 9.97 Å². The van der Waals surface area contributed by atoms with Crippen LogP contribution in [-0.4, -0.2) is 25.4 Å². The number of rotatable bonds is 5. The molecule has 1 aromatic carbocycles. The average molecular weight is 454 g/mol. The van der Waals surface area contributed by atoms with E-state index in [0.717, 1.165) is 21.5 Å². The maximum Gasteiger partial charge on any atom is 0.256 e. The lowest BCUT2D eigenvalue weighted by Crippen LogP contribution is -2.37. The summed E-state index contributed by atoms with van der Waals surface area (Å²) in [5, 5.41) is 1.15. The molecule has 0 aliphatic carbocycles. The molecular formula is C22H20ClN5O2S. The first kappa shape index (κ1) is 21.1. The van der Waals surface area contributed by atoms with Crippen molar-refractivity contribution < 1.29 is 4.79 Å². The highest BCUT2D eigenvalue weighted by Crippen LogP contribution is 2.34. The predicted molar refractivity (Wildman–Crippen MR) is 123 cm³/mol. The van der Waals surface area contributed by atoms with Gasteiger partial charge in [-0.05, 0) is 50.6 Å². The molecular weight excluding hydrogens is 434 g/mol. The van der Waals surface area contributed by atoms with Gasteiger partial charge < -0.3 is 0 Å². The second-order valence-corrected chi connectivity index (χ2v) is 8.62. The fourth-order valence-electron chi connectivity index (χ4n) is 3.14. The molecule has 3 aromatic heterocycles. The highest BCUT2D eigenvalue weighted by Gasteiger charge is 2.22. The molecule has 0 aliphatic heterocycles. The van der Waals surface area contributed by atoms with E-state index in [2.05, 4.69) is 9.97 Å². The van der Waals surface area contributed by atoms with E-state index >= 15 is 0 Å². The van der Waals surface area contributed by atoms with E-state index in [1.807, 2.05) is 37.3 Å². The number of amides is 1. The highest BCUT2D eigenvalue weighted by atomic mass is 35.5. The van der Waals surface area contributed by atoms with Crippen LogP contribution in [0.2, 0.25) is 5.02 Å². The molecule has 0 spiro atoms. The number of anilines is 1. The molecule has 7 nitrogen and oxygen atoms in total. The van der Waals surface area contributed by atoms with E-state index in [4.69, 9.17) is 16.6 Å². The molecule has 1 amide bonds. The molecule has 0 unspecified atom stereocenters. The van der Waals surface area contributed by atoms with E-state index in [0.29, 0.717) is 21.4 Å². The number of pyridine rings is 1. The monoisotopic (exact) mass is 453 g/mol. The fourth-order valence-corrected chi connectivity index (χ4v) is 4.33. The molecule has 9 heteroatoms. The van der Waals surface area contributed by atoms with Gasteiger partial charge in [0, 0.05) is 22.5 Å². The van der Waals surface area contributed by atoms with Gasteiger partial charge in [0.25, 0.3) is 5.56 Å². The van der Waals surface area contributed by atoms with E-state index in [1.54, 1.807) is 24.9 Å². The zero-order valence-corrected chi connectivity index (χ0v) is 18.9. The third-order valence-electron chi connectivity index (χ3n) is 5.14. The molecule has 0 saturated heterocycles. The lowest BCUT2D eigenvalue weighted by molar-refractivity contribution is -0.119. The molecule has 0 fully saturated rings. The van der Waals surface area contributed by atoms with Crippen molar-refractivity contribution in [2.24, 2.45) is 0 Å². The standard InChI is InChI=1S/C22H20ClN5O2S/c1-13-15(3)25-12-27(21(13)30)11-19(29)28(10-16-6-4-5-9-24-16)22-26-20-14(2)17(23)7-8-18(20)31-22/h4-9,12H,10-11H2,1-3H3. The number of halogens is 1. The SMILES string of the molecule is Cc1ncn(CC(=O)N(Cc2ccccn2)c2nc3c(C)c(Cl)ccc3s2)c(=O)c1C. The number of carbonyl (C=O) groups is 1. The van der Waals surface area contributed by atoms with Crippen LogP contribution < -0.4 is 10.5 Å². The Labute approximate surface area is 188 Å². The Balaban J connectivity index is 1.74. The summed E-state index contributed by atoms with van der Waals surface area (Å²) in [5.74, 6) is -0.277. The molecule has 4 rings (SSSR count). The normalized spacial score (nSPS) is 11.1. The van der Waals surface area contributed by atoms with Crippen LogP contribution in [0.3, 0.4) is 0 Å². The van der Waals surface area contributed by atoms with Gasteiger partial charge in [-0.1, -0.05) is 29.0 Å². The van der Waals surface area contributed by atoms with Crippen molar-refractivity contribution in [3.63, 3.8) is 0 Å². The number of hydrogen-bond acceptors (Lipinski definition) is 6. The zero-order chi connectivity index (χ0) is 22.1. The quantitative estimate of drug-likeness (QED) is 0.455. The first-order chi connectivity index (χ1) is 14.8. The topological polar surface area (TPSA) is 81.0 Å². The van der Waals surface area contributed by atoms with E-state index in [1.165, 1.54) is 22.2 Å². The van der Waals surface area contributed by atoms with Crippen molar-refractivity contribution >= 4 is 44.2 Å². The van der Waals surface area contributed by atoms with Crippen LogP contribution in [0.15, 0.2) is 47.7 Å². The third-order valence-corrected chi connectivity index (χ3v) is 6.59. The Hall–Kier alpha value is -3.10. The van der Waals surface area contributed by atoms with Crippen molar-refractivity contribution in [1.82, 2.24) is 19.5 Å². The molecule has 0 saturated carbocycles. The lowest BCUT2D eigenvalue weighted by atomic mass is 10.2. The Kier molecular flexibility index (Phi) is 5.84. The van der Waals surface area contributed by atoms with Crippen molar-refractivity contribution in [2.45, 2.75) is 33.9 Å². The summed E-state index contributed by atoms with van der Waals surface area (Å²) < 4.78 is 2.26. The molecule has 0 atom stereocenters. The minimum Gasteiger partial charge on any atom is -0.289 e. The number of aryl methyl sites for hydroxylation is 2. The molecule has 4 aromatic rings. The van der Waals surface area contributed by atoms with Crippen LogP contribution >= 0.6 is 22.9 Å². The summed E-state index contributed by atoms with van der Waals surface area (Å²) >= 11 is 7.65. The van der Waals surface area contributed by atoms with Crippen LogP contribution in [-0.2, 0) is 17.9 Å². The largest absolute Gasteiger partial charge is 0.289 e. The summed E-state index contributed by atoms with van der Waals surface area (Å²) in [6.45, 7) is 5.47. The maximum absolute atomic E-state index is 13.3. The highest BCUT2D eigenvalue weighted by molar-refractivity contribution is 7.22. The summed E-state index contributed by atoms with van der Waals surface area (Å²) in [6, 6.07) is 9.25. The number of aromatic nitrogens is 4. The lowest BCUT2D eigenvalue weighted by Gasteiger charge is -2.20. The molecule has 0 N–H and O–H groups in total. The van der Waals surface area contributed by atoms with Crippen molar-refractivity contribution in [1.29, 1.82) is 0 Å². The van der Waals surface area contributed by atoms with Crippen LogP contribution in [0.25, 0.3) is 10.2 Å². The average Bonchev–Trinajstić information content (AvgIpc) is 3.20. The number of thiazole rings is 1. The van der Waals surface area contributed by atoms with E-state index < -0.39 is 0 Å². The second-order valence-electron chi connectivity index (χ2n) is 7.20. The van der Waals surface area contributed by atoms with E-state index in [9.17, 15) is 9.59 Å². The summed E-state index contributed by atoms with van der Waals surface area (Å²) in [7, 11) is 0. The number of benzene rings is 1. The number of fused-ring (bicyclic) bond motifs is 1. The molecule has 158 valence electrons. The Morgan fingerprint density at radius 3 is 2.68 bits per heavy atom. The Morgan fingerprint density at radius 2 is 1.94 bits per heavy atom. The van der Waals surface area contributed by atoms with Gasteiger partial charge in [0.05, 0.1) is 28.8 Å². The first-order valence-electron chi connectivity index (χ1n) is 9.63. The second kappa shape index (κ2) is 8.56. The van der Waals surface area contributed by atoms with Gasteiger partial charge in [0.2, 0.25) is 5.91 Å². The smallest absolute Gasteiger partial charge is 0.256 e. The van der Waals surface area contributed by atoms with Crippen LogP contribution in [0.5, 0.6) is 0 Å². The van der Waals surface area contributed by atoms with E-state index in [-0.39, 0.29) is 24.6 Å². The van der Waals surface area contributed by atoms with Gasteiger partial charge in [0.15, 0.2) is 5.13 Å². The Bertz CT molecular complexity index is 1330.